The van der Waals surface area contributed by atoms with Gasteiger partial charge in [-0.2, -0.15) is 10.2 Å². The van der Waals surface area contributed by atoms with Gasteiger partial charge in [-0.15, -0.1) is 0 Å². The number of aromatic nitrogens is 5. The molecule has 0 radical (unpaired) electrons. The van der Waals surface area contributed by atoms with E-state index in [0.29, 0.717) is 23.4 Å². The number of carbonyl (C=O) groups is 1. The van der Waals surface area contributed by atoms with E-state index >= 15 is 0 Å². The number of H-pyrrole nitrogens is 1. The second-order valence-electron chi connectivity index (χ2n) is 6.76. The van der Waals surface area contributed by atoms with Crippen LogP contribution in [0.1, 0.15) is 33.6 Å². The predicted octanol–water partition coefficient (Wildman–Crippen LogP) is 2.89. The molecule has 2 N–H and O–H groups in total. The fraction of sp³-hybridized carbons (Fsp3) is 0.130. The number of aromatic amines is 1. The summed E-state index contributed by atoms with van der Waals surface area (Å²) < 4.78 is 14.8. The molecule has 0 atom stereocenters. The summed E-state index contributed by atoms with van der Waals surface area (Å²) in [6.45, 7) is 0.547. The zero-order valence-corrected chi connectivity index (χ0v) is 16.5. The van der Waals surface area contributed by atoms with E-state index in [0.717, 1.165) is 30.3 Å². The van der Waals surface area contributed by atoms with Crippen molar-refractivity contribution in [1.82, 2.24) is 30.3 Å². The van der Waals surface area contributed by atoms with E-state index in [1.807, 2.05) is 6.20 Å². The maximum Gasteiger partial charge on any atom is 0.251 e. The molecule has 0 aliphatic heterocycles. The minimum atomic E-state index is -0.422. The van der Waals surface area contributed by atoms with Crippen LogP contribution in [0.4, 0.5) is 4.39 Å². The molecule has 0 saturated heterocycles. The Balaban J connectivity index is 1.52. The lowest BCUT2D eigenvalue weighted by atomic mass is 10.1. The molecule has 31 heavy (non-hydrogen) atoms. The molecule has 3 heterocycles. The summed E-state index contributed by atoms with van der Waals surface area (Å²) in [5.74, 6) is 5.35. The topological polar surface area (TPSA) is 88.5 Å². The number of pyridine rings is 1. The van der Waals surface area contributed by atoms with Gasteiger partial charge < -0.3 is 5.32 Å². The van der Waals surface area contributed by atoms with Crippen LogP contribution in [0.3, 0.4) is 0 Å². The number of aryl methyl sites for hydroxylation is 1. The molecule has 0 fully saturated rings. The van der Waals surface area contributed by atoms with Crippen LogP contribution in [0.25, 0.3) is 5.69 Å². The van der Waals surface area contributed by atoms with E-state index in [1.54, 1.807) is 47.5 Å². The number of hydrogen-bond acceptors (Lipinski definition) is 4. The molecule has 1 aromatic carbocycles. The van der Waals surface area contributed by atoms with Gasteiger partial charge in [0, 0.05) is 30.7 Å². The van der Waals surface area contributed by atoms with Gasteiger partial charge in [-0.25, -0.2) is 14.1 Å². The summed E-state index contributed by atoms with van der Waals surface area (Å²) in [5.41, 5.74) is 3.37. The average Bonchev–Trinajstić information content (AvgIpc) is 3.50. The number of nitrogens with zero attached hydrogens (tertiary/aromatic N) is 4. The van der Waals surface area contributed by atoms with Gasteiger partial charge in [0.1, 0.15) is 11.5 Å². The van der Waals surface area contributed by atoms with Crippen molar-refractivity contribution >= 4 is 5.91 Å². The van der Waals surface area contributed by atoms with Crippen molar-refractivity contribution in [3.8, 4) is 17.5 Å². The van der Waals surface area contributed by atoms with E-state index < -0.39 is 5.82 Å². The summed E-state index contributed by atoms with van der Waals surface area (Å²) in [6, 6.07) is 9.88. The Hall–Kier alpha value is -4.25. The first-order chi connectivity index (χ1) is 15.2. The van der Waals surface area contributed by atoms with Crippen LogP contribution in [0.2, 0.25) is 0 Å². The van der Waals surface area contributed by atoms with E-state index in [2.05, 4.69) is 37.4 Å². The van der Waals surface area contributed by atoms with Crippen molar-refractivity contribution < 1.29 is 9.18 Å². The Morgan fingerprint density at radius 2 is 2.13 bits per heavy atom. The molecule has 0 spiro atoms. The van der Waals surface area contributed by atoms with Crippen molar-refractivity contribution in [2.24, 2.45) is 0 Å². The van der Waals surface area contributed by atoms with Gasteiger partial charge in [-0.1, -0.05) is 5.92 Å². The third kappa shape index (κ3) is 5.22. The normalized spacial score (nSPS) is 10.4. The molecule has 8 heteroatoms. The number of carbonyl (C=O) groups excluding carboxylic acids is 1. The smallest absolute Gasteiger partial charge is 0.251 e. The monoisotopic (exact) mass is 414 g/mol. The summed E-state index contributed by atoms with van der Waals surface area (Å²) >= 11 is 0. The fourth-order valence-electron chi connectivity index (χ4n) is 2.98. The second-order valence-corrected chi connectivity index (χ2v) is 6.76. The molecule has 0 aliphatic rings. The molecule has 154 valence electrons. The van der Waals surface area contributed by atoms with Crippen molar-refractivity contribution in [2.75, 3.05) is 6.54 Å². The highest BCUT2D eigenvalue weighted by molar-refractivity contribution is 5.95. The Kier molecular flexibility index (Phi) is 6.14. The standard InChI is InChI=1S/C23H19FN6O/c24-20-6-8-21(26-16-20)7-4-18-13-19(5-9-22(18)30-12-2-11-29-30)23(31)25-10-1-3-17-14-27-28-15-17/h2,5-6,8-9,11-16H,1,3,10H2,(H,25,31)(H,27,28). The van der Waals surface area contributed by atoms with Gasteiger partial charge >= 0.3 is 0 Å². The first-order valence-electron chi connectivity index (χ1n) is 9.72. The molecule has 0 bridgehead atoms. The minimum absolute atomic E-state index is 0.179. The molecule has 1 amide bonds. The lowest BCUT2D eigenvalue weighted by Crippen LogP contribution is -2.25. The first kappa shape index (κ1) is 20.0. The number of hydrogen-bond donors (Lipinski definition) is 2. The van der Waals surface area contributed by atoms with E-state index in [1.165, 1.54) is 12.1 Å². The Morgan fingerprint density at radius 1 is 1.19 bits per heavy atom. The zero-order chi connectivity index (χ0) is 21.5. The van der Waals surface area contributed by atoms with Gasteiger partial charge in [0.05, 0.1) is 23.6 Å². The maximum atomic E-state index is 13.1. The lowest BCUT2D eigenvalue weighted by Gasteiger charge is -2.09. The zero-order valence-electron chi connectivity index (χ0n) is 16.5. The molecule has 4 aromatic rings. The number of halogens is 1. The highest BCUT2D eigenvalue weighted by Crippen LogP contribution is 2.16. The highest BCUT2D eigenvalue weighted by atomic mass is 19.1. The predicted molar refractivity (Wildman–Crippen MR) is 113 cm³/mol. The molecular formula is C23H19FN6O. The SMILES string of the molecule is O=C(NCCCc1cn[nH]c1)c1ccc(-n2cccn2)c(C#Cc2ccc(F)cn2)c1. The van der Waals surface area contributed by atoms with Gasteiger partial charge in [-0.05, 0) is 60.7 Å². The number of rotatable bonds is 6. The molecule has 4 rings (SSSR count). The maximum absolute atomic E-state index is 13.1. The van der Waals surface area contributed by atoms with Gasteiger partial charge in [-0.3, -0.25) is 9.89 Å². The Bertz CT molecular complexity index is 1210. The van der Waals surface area contributed by atoms with Crippen LogP contribution in [0, 0.1) is 17.7 Å². The largest absolute Gasteiger partial charge is 0.352 e. The molecule has 7 nitrogen and oxygen atoms in total. The third-order valence-corrected chi connectivity index (χ3v) is 4.55. The molecule has 0 saturated carbocycles. The number of benzene rings is 1. The van der Waals surface area contributed by atoms with E-state index in [9.17, 15) is 9.18 Å². The van der Waals surface area contributed by atoms with Crippen molar-refractivity contribution in [3.63, 3.8) is 0 Å². The third-order valence-electron chi connectivity index (χ3n) is 4.55. The summed E-state index contributed by atoms with van der Waals surface area (Å²) in [5, 5.41) is 13.9. The molecule has 0 aliphatic carbocycles. The quantitative estimate of drug-likeness (QED) is 0.375. The van der Waals surface area contributed by atoms with Crippen LogP contribution < -0.4 is 5.32 Å². The van der Waals surface area contributed by atoms with Crippen LogP contribution in [0.15, 0.2) is 67.4 Å². The van der Waals surface area contributed by atoms with Crippen molar-refractivity contribution in [2.45, 2.75) is 12.8 Å². The van der Waals surface area contributed by atoms with Crippen LogP contribution in [0.5, 0.6) is 0 Å². The fourth-order valence-corrected chi connectivity index (χ4v) is 2.98. The summed E-state index contributed by atoms with van der Waals surface area (Å²) in [7, 11) is 0. The van der Waals surface area contributed by atoms with Crippen molar-refractivity contribution in [3.05, 3.63) is 95.6 Å². The number of nitrogens with one attached hydrogen (secondary N) is 2. The van der Waals surface area contributed by atoms with Gasteiger partial charge in [0.2, 0.25) is 0 Å². The first-order valence-corrected chi connectivity index (χ1v) is 9.72. The van der Waals surface area contributed by atoms with E-state index in [4.69, 9.17) is 0 Å². The number of amides is 1. The molecule has 0 unspecified atom stereocenters. The van der Waals surface area contributed by atoms with Crippen molar-refractivity contribution in [1.29, 1.82) is 0 Å². The Morgan fingerprint density at radius 3 is 2.87 bits per heavy atom. The average molecular weight is 414 g/mol. The van der Waals surface area contributed by atoms with Gasteiger partial charge in [0.15, 0.2) is 0 Å². The Labute approximate surface area is 178 Å². The summed E-state index contributed by atoms with van der Waals surface area (Å²) in [4.78, 5) is 16.6. The van der Waals surface area contributed by atoms with Gasteiger partial charge in [0.25, 0.3) is 5.91 Å². The highest BCUT2D eigenvalue weighted by Gasteiger charge is 2.10. The van der Waals surface area contributed by atoms with Crippen LogP contribution in [-0.2, 0) is 6.42 Å². The lowest BCUT2D eigenvalue weighted by molar-refractivity contribution is 0.0953. The molecular weight excluding hydrogens is 395 g/mol. The van der Waals surface area contributed by atoms with Crippen LogP contribution in [-0.4, -0.2) is 37.4 Å². The molecule has 3 aromatic heterocycles. The van der Waals surface area contributed by atoms with E-state index in [-0.39, 0.29) is 5.91 Å². The minimum Gasteiger partial charge on any atom is -0.352 e. The summed E-state index contributed by atoms with van der Waals surface area (Å²) in [6.07, 6.45) is 9.83. The second kappa shape index (κ2) is 9.50. The van der Waals surface area contributed by atoms with Crippen LogP contribution >= 0.6 is 0 Å².